The van der Waals surface area contributed by atoms with Crippen LogP contribution in [0.5, 0.6) is 0 Å². The molecule has 2 fully saturated rings. The maximum atomic E-state index is 12.5. The third-order valence-corrected chi connectivity index (χ3v) is 5.43. The van der Waals surface area contributed by atoms with Gasteiger partial charge >= 0.3 is 5.97 Å². The van der Waals surface area contributed by atoms with Gasteiger partial charge in [0.05, 0.1) is 7.11 Å². The van der Waals surface area contributed by atoms with E-state index in [-0.39, 0.29) is 17.3 Å². The average molecular weight is 397 g/mol. The van der Waals surface area contributed by atoms with Crippen molar-refractivity contribution in [3.63, 3.8) is 0 Å². The first kappa shape index (κ1) is 21.9. The number of epoxide rings is 1. The fourth-order valence-corrected chi connectivity index (χ4v) is 3.66. The number of fused-ring (bicyclic) bond motifs is 1. The minimum Gasteiger partial charge on any atom is -0.469 e. The molecule has 1 saturated carbocycles. The number of hydrogen-bond acceptors (Lipinski definition) is 5. The molecule has 1 N–H and O–H groups in total. The van der Waals surface area contributed by atoms with Crippen molar-refractivity contribution in [2.75, 3.05) is 7.11 Å². The number of aliphatic hydroxyl groups is 1. The van der Waals surface area contributed by atoms with E-state index in [1.807, 2.05) is 18.2 Å². The van der Waals surface area contributed by atoms with Crippen LogP contribution < -0.4 is 0 Å². The molecular formula is C21H29ClO5. The van der Waals surface area contributed by atoms with E-state index in [0.29, 0.717) is 25.7 Å². The number of methoxy groups -OCH3 is 1. The summed E-state index contributed by atoms with van der Waals surface area (Å²) >= 11 is 6.19. The molecule has 0 bridgehead atoms. The highest BCUT2D eigenvalue weighted by atomic mass is 35.5. The lowest BCUT2D eigenvalue weighted by atomic mass is 9.90. The number of rotatable bonds is 11. The minimum absolute atomic E-state index is 0.242. The molecule has 6 heteroatoms. The second-order valence-electron chi connectivity index (χ2n) is 7.04. The normalized spacial score (nSPS) is 31.2. The minimum atomic E-state index is -1.41. The molecular weight excluding hydrogens is 368 g/mol. The highest BCUT2D eigenvalue weighted by molar-refractivity contribution is 6.41. The molecule has 2 aliphatic rings. The predicted octanol–water partition coefficient (Wildman–Crippen LogP) is 3.99. The Balaban J connectivity index is 1.95. The van der Waals surface area contributed by atoms with E-state index >= 15 is 0 Å². The number of ether oxygens (including phenoxy) is 2. The fourth-order valence-electron chi connectivity index (χ4n) is 3.29. The molecule has 27 heavy (non-hydrogen) atoms. The maximum absolute atomic E-state index is 12.5. The number of carbonyl (C=O) groups excluding carboxylic acids is 2. The Morgan fingerprint density at radius 2 is 2.00 bits per heavy atom. The van der Waals surface area contributed by atoms with Crippen molar-refractivity contribution < 1.29 is 24.2 Å². The molecule has 0 aromatic rings. The predicted molar refractivity (Wildman–Crippen MR) is 104 cm³/mol. The molecule has 2 rings (SSSR count). The van der Waals surface area contributed by atoms with Gasteiger partial charge in [-0.25, -0.2) is 0 Å². The number of allylic oxidation sites excluding steroid dienone is 4. The average Bonchev–Trinajstić information content (AvgIpc) is 3.33. The van der Waals surface area contributed by atoms with Gasteiger partial charge in [-0.3, -0.25) is 9.59 Å². The zero-order valence-electron chi connectivity index (χ0n) is 16.1. The SMILES string of the molecule is CCCCC/C=C\C[C@]1(O)/C(=C\C=C\CCCC(=O)OC)C(=O)[C@]2(Cl)O[C@H]21. The van der Waals surface area contributed by atoms with Gasteiger partial charge < -0.3 is 14.6 Å². The highest BCUT2D eigenvalue weighted by Crippen LogP contribution is 2.59. The molecule has 0 aromatic heterocycles. The van der Waals surface area contributed by atoms with Crippen LogP contribution in [-0.4, -0.2) is 40.7 Å². The van der Waals surface area contributed by atoms with Gasteiger partial charge in [0, 0.05) is 18.4 Å². The van der Waals surface area contributed by atoms with Gasteiger partial charge in [-0.15, -0.1) is 0 Å². The molecule has 1 aliphatic carbocycles. The third-order valence-electron chi connectivity index (χ3n) is 4.97. The molecule has 0 radical (unpaired) electrons. The number of esters is 1. The fraction of sp³-hybridized carbons (Fsp3) is 0.619. The Kier molecular flexibility index (Phi) is 7.83. The summed E-state index contributed by atoms with van der Waals surface area (Å²) in [4.78, 5) is 23.6. The molecule has 5 nitrogen and oxygen atoms in total. The largest absolute Gasteiger partial charge is 0.469 e. The second-order valence-corrected chi connectivity index (χ2v) is 7.61. The highest BCUT2D eigenvalue weighted by Gasteiger charge is 2.77. The van der Waals surface area contributed by atoms with Crippen LogP contribution >= 0.6 is 11.6 Å². The number of halogens is 1. The Morgan fingerprint density at radius 1 is 1.26 bits per heavy atom. The smallest absolute Gasteiger partial charge is 0.305 e. The molecule has 1 heterocycles. The third kappa shape index (κ3) is 5.09. The van der Waals surface area contributed by atoms with Crippen molar-refractivity contribution in [2.45, 2.75) is 75.1 Å². The lowest BCUT2D eigenvalue weighted by molar-refractivity contribution is -0.140. The quantitative estimate of drug-likeness (QED) is 0.143. The summed E-state index contributed by atoms with van der Waals surface area (Å²) in [6.07, 6.45) is 14.8. The van der Waals surface area contributed by atoms with Crippen molar-refractivity contribution in [1.29, 1.82) is 0 Å². The van der Waals surface area contributed by atoms with E-state index in [1.54, 1.807) is 12.2 Å². The maximum Gasteiger partial charge on any atom is 0.305 e. The monoisotopic (exact) mass is 396 g/mol. The van der Waals surface area contributed by atoms with E-state index in [4.69, 9.17) is 16.3 Å². The number of carbonyl (C=O) groups is 2. The zero-order valence-corrected chi connectivity index (χ0v) is 16.8. The first-order chi connectivity index (χ1) is 12.9. The van der Waals surface area contributed by atoms with Crippen molar-refractivity contribution in [3.8, 4) is 0 Å². The first-order valence-corrected chi connectivity index (χ1v) is 10.0. The van der Waals surface area contributed by atoms with E-state index in [2.05, 4.69) is 11.7 Å². The van der Waals surface area contributed by atoms with Gasteiger partial charge in [0.15, 0.2) is 0 Å². The van der Waals surface area contributed by atoms with Crippen LogP contribution in [0.15, 0.2) is 36.0 Å². The summed E-state index contributed by atoms with van der Waals surface area (Å²) in [5.41, 5.74) is -1.10. The molecule has 1 saturated heterocycles. The van der Waals surface area contributed by atoms with Crippen LogP contribution in [0.2, 0.25) is 0 Å². The van der Waals surface area contributed by atoms with E-state index < -0.39 is 16.8 Å². The number of unbranched alkanes of at least 4 members (excludes halogenated alkanes) is 4. The Labute approximate surface area is 166 Å². The van der Waals surface area contributed by atoms with Gasteiger partial charge in [-0.2, -0.15) is 0 Å². The molecule has 0 aromatic carbocycles. The van der Waals surface area contributed by atoms with Gasteiger partial charge in [0.1, 0.15) is 11.7 Å². The van der Waals surface area contributed by atoms with Crippen molar-refractivity contribution in [2.24, 2.45) is 0 Å². The van der Waals surface area contributed by atoms with Crippen molar-refractivity contribution >= 4 is 23.4 Å². The van der Waals surface area contributed by atoms with Crippen LogP contribution in [0.1, 0.15) is 58.3 Å². The van der Waals surface area contributed by atoms with Crippen LogP contribution in [0, 0.1) is 0 Å². The molecule has 0 amide bonds. The Bertz CT molecular complexity index is 638. The number of alkyl halides is 1. The molecule has 150 valence electrons. The van der Waals surface area contributed by atoms with E-state index in [9.17, 15) is 14.7 Å². The van der Waals surface area contributed by atoms with Crippen molar-refractivity contribution in [1.82, 2.24) is 0 Å². The topological polar surface area (TPSA) is 76.1 Å². The summed E-state index contributed by atoms with van der Waals surface area (Å²) in [5, 5.41) is 9.65. The molecule has 3 atom stereocenters. The number of ketones is 1. The van der Waals surface area contributed by atoms with E-state index in [1.165, 1.54) is 13.5 Å². The van der Waals surface area contributed by atoms with Gasteiger partial charge in [-0.1, -0.05) is 61.7 Å². The van der Waals surface area contributed by atoms with Gasteiger partial charge in [0.25, 0.3) is 0 Å². The lowest BCUT2D eigenvalue weighted by Crippen LogP contribution is -2.35. The van der Waals surface area contributed by atoms with E-state index in [0.717, 1.165) is 19.3 Å². The van der Waals surface area contributed by atoms with Gasteiger partial charge in [0.2, 0.25) is 10.8 Å². The molecule has 1 aliphatic heterocycles. The summed E-state index contributed by atoms with van der Waals surface area (Å²) in [5.74, 6) is -0.607. The number of hydrogen-bond donors (Lipinski definition) is 1. The van der Waals surface area contributed by atoms with Crippen LogP contribution in [-0.2, 0) is 19.1 Å². The van der Waals surface area contributed by atoms with Gasteiger partial charge in [-0.05, 0) is 25.7 Å². The standard InChI is InChI=1S/C21H29ClO5/c1-3-4-5-6-9-12-15-20(25)16(18(24)21(22)19(20)27-21)13-10-7-8-11-14-17(23)26-2/h7,9-10,12-13,19,25H,3-6,8,11,14-15H2,1-2H3/b10-7+,12-9-,16-13-/t19-,20-,21-/m0/s1. The summed E-state index contributed by atoms with van der Waals surface area (Å²) in [6.45, 7) is 2.15. The van der Waals surface area contributed by atoms with Crippen LogP contribution in [0.3, 0.4) is 0 Å². The summed E-state index contributed by atoms with van der Waals surface area (Å²) in [7, 11) is 1.36. The first-order valence-electron chi connectivity index (χ1n) is 9.63. The van der Waals surface area contributed by atoms with Crippen LogP contribution in [0.4, 0.5) is 0 Å². The Morgan fingerprint density at radius 3 is 2.70 bits per heavy atom. The summed E-state index contributed by atoms with van der Waals surface area (Å²) in [6, 6.07) is 0. The Hall–Kier alpha value is -1.43. The second kappa shape index (κ2) is 9.67. The zero-order chi connectivity index (χ0) is 19.9. The summed E-state index contributed by atoms with van der Waals surface area (Å²) < 4.78 is 9.88. The van der Waals surface area contributed by atoms with Crippen molar-refractivity contribution in [3.05, 3.63) is 36.0 Å². The number of Topliss-reactive ketones (excluding diaryl/α,β-unsaturated/α-hetero) is 1. The van der Waals surface area contributed by atoms with Crippen LogP contribution in [0.25, 0.3) is 0 Å². The lowest BCUT2D eigenvalue weighted by Gasteiger charge is -2.23. The molecule has 0 spiro atoms. The molecule has 0 unspecified atom stereocenters.